The van der Waals surface area contributed by atoms with Crippen molar-refractivity contribution in [1.29, 1.82) is 0 Å². The summed E-state index contributed by atoms with van der Waals surface area (Å²) in [6.07, 6.45) is 0. The zero-order valence-corrected chi connectivity index (χ0v) is 8.47. The van der Waals surface area contributed by atoms with Gasteiger partial charge in [-0.25, -0.2) is 8.42 Å². The van der Waals surface area contributed by atoms with Crippen molar-refractivity contribution < 1.29 is 8.42 Å². The van der Waals surface area contributed by atoms with Crippen LogP contribution in [0, 0.1) is 0 Å². The van der Waals surface area contributed by atoms with E-state index < -0.39 is 9.84 Å². The van der Waals surface area contributed by atoms with E-state index in [0.29, 0.717) is 23.7 Å². The molecule has 4 nitrogen and oxygen atoms in total. The van der Waals surface area contributed by atoms with Crippen LogP contribution in [0.1, 0.15) is 5.56 Å². The van der Waals surface area contributed by atoms with E-state index in [2.05, 4.69) is 5.32 Å². The molecule has 3 N–H and O–H groups in total. The van der Waals surface area contributed by atoms with E-state index in [0.717, 1.165) is 5.56 Å². The van der Waals surface area contributed by atoms with Crippen LogP contribution in [0.5, 0.6) is 0 Å². The molecule has 0 radical (unpaired) electrons. The SMILES string of the molecule is Nc1ccc2c(c1)S(=O)(=O)CCNC2. The number of fused-ring (bicyclic) bond motifs is 1. The lowest BCUT2D eigenvalue weighted by Gasteiger charge is -2.05. The molecule has 76 valence electrons. The fraction of sp³-hybridized carbons (Fsp3) is 0.333. The summed E-state index contributed by atoms with van der Waals surface area (Å²) in [5, 5.41) is 3.06. The number of nitrogens with two attached hydrogens (primary N) is 1. The van der Waals surface area contributed by atoms with Crippen molar-refractivity contribution in [1.82, 2.24) is 5.32 Å². The molecule has 14 heavy (non-hydrogen) atoms. The van der Waals surface area contributed by atoms with E-state index >= 15 is 0 Å². The molecule has 5 heteroatoms. The first-order valence-corrected chi connectivity index (χ1v) is 6.07. The Morgan fingerprint density at radius 1 is 1.36 bits per heavy atom. The Hall–Kier alpha value is -1.07. The summed E-state index contributed by atoms with van der Waals surface area (Å²) < 4.78 is 23.5. The number of benzene rings is 1. The predicted octanol–water partition coefficient (Wildman–Crippen LogP) is 0.146. The van der Waals surface area contributed by atoms with Gasteiger partial charge in [0.15, 0.2) is 9.84 Å². The lowest BCUT2D eigenvalue weighted by Crippen LogP contribution is -2.17. The molecule has 1 aromatic rings. The third-order valence-corrected chi connectivity index (χ3v) is 4.08. The Labute approximate surface area is 83.0 Å². The topological polar surface area (TPSA) is 72.2 Å². The fourth-order valence-electron chi connectivity index (χ4n) is 1.55. The van der Waals surface area contributed by atoms with Gasteiger partial charge in [0.2, 0.25) is 0 Å². The number of anilines is 1. The molecule has 1 aliphatic rings. The highest BCUT2D eigenvalue weighted by Crippen LogP contribution is 2.21. The van der Waals surface area contributed by atoms with Crippen molar-refractivity contribution in [3.8, 4) is 0 Å². The number of sulfone groups is 1. The van der Waals surface area contributed by atoms with Crippen molar-refractivity contribution >= 4 is 15.5 Å². The number of hydrogen-bond donors (Lipinski definition) is 2. The van der Waals surface area contributed by atoms with E-state index in [1.54, 1.807) is 12.1 Å². The molecule has 0 amide bonds. The lowest BCUT2D eigenvalue weighted by molar-refractivity contribution is 0.595. The second-order valence-electron chi connectivity index (χ2n) is 3.36. The minimum Gasteiger partial charge on any atom is -0.399 e. The number of rotatable bonds is 0. The summed E-state index contributed by atoms with van der Waals surface area (Å²) in [5.41, 5.74) is 6.87. The molecule has 1 aromatic carbocycles. The molecule has 2 rings (SSSR count). The average molecular weight is 212 g/mol. The first-order valence-electron chi connectivity index (χ1n) is 4.41. The molecule has 0 saturated carbocycles. The first-order chi connectivity index (χ1) is 6.59. The molecule has 0 aliphatic carbocycles. The van der Waals surface area contributed by atoms with Gasteiger partial charge >= 0.3 is 0 Å². The molecule has 0 unspecified atom stereocenters. The van der Waals surface area contributed by atoms with Gasteiger partial charge in [-0.05, 0) is 17.7 Å². The van der Waals surface area contributed by atoms with E-state index in [-0.39, 0.29) is 5.75 Å². The monoisotopic (exact) mass is 212 g/mol. The smallest absolute Gasteiger partial charge is 0.180 e. The van der Waals surface area contributed by atoms with Crippen LogP contribution in [0.25, 0.3) is 0 Å². The van der Waals surface area contributed by atoms with Gasteiger partial charge in [-0.2, -0.15) is 0 Å². The Morgan fingerprint density at radius 3 is 2.93 bits per heavy atom. The van der Waals surface area contributed by atoms with Gasteiger partial charge in [0, 0.05) is 18.8 Å². The van der Waals surface area contributed by atoms with Crippen LogP contribution < -0.4 is 11.1 Å². The Balaban J connectivity index is 2.64. The highest BCUT2D eigenvalue weighted by Gasteiger charge is 2.21. The third-order valence-electron chi connectivity index (χ3n) is 2.29. The van der Waals surface area contributed by atoms with Crippen LogP contribution in [0.2, 0.25) is 0 Å². The number of nitrogens with one attached hydrogen (secondary N) is 1. The lowest BCUT2D eigenvalue weighted by atomic mass is 10.2. The van der Waals surface area contributed by atoms with Crippen molar-refractivity contribution in [3.63, 3.8) is 0 Å². The van der Waals surface area contributed by atoms with E-state index in [9.17, 15) is 8.42 Å². The molecular weight excluding hydrogens is 200 g/mol. The minimum atomic E-state index is -3.14. The van der Waals surface area contributed by atoms with Gasteiger partial charge < -0.3 is 11.1 Å². The zero-order valence-electron chi connectivity index (χ0n) is 7.66. The first kappa shape index (κ1) is 9.48. The molecule has 0 bridgehead atoms. The quantitative estimate of drug-likeness (QED) is 0.600. The van der Waals surface area contributed by atoms with Crippen LogP contribution in [0.4, 0.5) is 5.69 Å². The summed E-state index contributed by atoms with van der Waals surface area (Å²) in [4.78, 5) is 0.377. The normalized spacial score (nSPS) is 19.7. The van der Waals surface area contributed by atoms with E-state index in [4.69, 9.17) is 5.73 Å². The molecule has 1 heterocycles. The van der Waals surface area contributed by atoms with Crippen LogP contribution in [0.3, 0.4) is 0 Å². The summed E-state index contributed by atoms with van der Waals surface area (Å²) >= 11 is 0. The fourth-order valence-corrected chi connectivity index (χ4v) is 3.03. The van der Waals surface area contributed by atoms with E-state index in [1.165, 1.54) is 6.07 Å². The predicted molar refractivity (Wildman–Crippen MR) is 54.6 cm³/mol. The maximum absolute atomic E-state index is 11.7. The third kappa shape index (κ3) is 1.60. The molecule has 0 saturated heterocycles. The van der Waals surface area contributed by atoms with Crippen LogP contribution in [-0.4, -0.2) is 20.7 Å². The second-order valence-corrected chi connectivity index (χ2v) is 5.44. The van der Waals surface area contributed by atoms with Gasteiger partial charge in [-0.15, -0.1) is 0 Å². The Bertz CT molecular complexity index is 454. The second kappa shape index (κ2) is 3.25. The van der Waals surface area contributed by atoms with Crippen molar-refractivity contribution in [2.45, 2.75) is 11.4 Å². The average Bonchev–Trinajstić information content (AvgIpc) is 2.26. The van der Waals surface area contributed by atoms with Gasteiger partial charge in [0.25, 0.3) is 0 Å². The molecule has 0 aromatic heterocycles. The van der Waals surface area contributed by atoms with Gasteiger partial charge in [-0.3, -0.25) is 0 Å². The maximum atomic E-state index is 11.7. The highest BCUT2D eigenvalue weighted by atomic mass is 32.2. The van der Waals surface area contributed by atoms with Gasteiger partial charge in [-0.1, -0.05) is 6.07 Å². The van der Waals surface area contributed by atoms with Crippen molar-refractivity contribution in [3.05, 3.63) is 23.8 Å². The summed E-state index contributed by atoms with van der Waals surface area (Å²) in [6.45, 7) is 1.09. The Kier molecular flexibility index (Phi) is 2.20. The molecular formula is C9H12N2O2S. The van der Waals surface area contributed by atoms with Crippen molar-refractivity contribution in [2.24, 2.45) is 0 Å². The largest absolute Gasteiger partial charge is 0.399 e. The van der Waals surface area contributed by atoms with Crippen LogP contribution in [-0.2, 0) is 16.4 Å². The number of nitrogen functional groups attached to an aromatic ring is 1. The minimum absolute atomic E-state index is 0.142. The summed E-state index contributed by atoms with van der Waals surface area (Å²) in [7, 11) is -3.14. The van der Waals surface area contributed by atoms with Gasteiger partial charge in [0.05, 0.1) is 10.6 Å². The zero-order chi connectivity index (χ0) is 10.2. The Morgan fingerprint density at radius 2 is 2.14 bits per heavy atom. The standard InChI is InChI=1S/C9H12N2O2S/c10-8-2-1-7-6-11-3-4-14(12,13)9(7)5-8/h1-2,5,11H,3-4,6,10H2. The maximum Gasteiger partial charge on any atom is 0.180 e. The van der Waals surface area contributed by atoms with E-state index in [1.807, 2.05) is 0 Å². The molecule has 0 fully saturated rings. The van der Waals surface area contributed by atoms with Crippen LogP contribution in [0.15, 0.2) is 23.1 Å². The molecule has 0 atom stereocenters. The van der Waals surface area contributed by atoms with Crippen molar-refractivity contribution in [2.75, 3.05) is 18.0 Å². The number of hydrogen-bond acceptors (Lipinski definition) is 4. The molecule has 1 aliphatic heterocycles. The van der Waals surface area contributed by atoms with Gasteiger partial charge in [0.1, 0.15) is 0 Å². The van der Waals surface area contributed by atoms with Crippen LogP contribution >= 0.6 is 0 Å². The highest BCUT2D eigenvalue weighted by molar-refractivity contribution is 7.91. The summed E-state index contributed by atoms with van der Waals surface area (Å²) in [5.74, 6) is 0.142. The summed E-state index contributed by atoms with van der Waals surface area (Å²) in [6, 6.07) is 5.03. The molecule has 0 spiro atoms.